The van der Waals surface area contributed by atoms with Gasteiger partial charge in [-0.25, -0.2) is 0 Å². The average Bonchev–Trinajstić information content (AvgIpc) is 2.77. The van der Waals surface area contributed by atoms with E-state index in [9.17, 15) is 18.0 Å². The molecule has 0 aliphatic rings. The van der Waals surface area contributed by atoms with Crippen LogP contribution in [0.2, 0.25) is 10.2 Å². The Hall–Kier alpha value is -1.66. The van der Waals surface area contributed by atoms with Crippen LogP contribution in [0, 0.1) is 0 Å². The van der Waals surface area contributed by atoms with Gasteiger partial charge in [0.05, 0.1) is 11.3 Å². The van der Waals surface area contributed by atoms with Crippen molar-refractivity contribution >= 4 is 34.8 Å². The largest absolute Gasteiger partial charge is 0.440 e. The summed E-state index contributed by atoms with van der Waals surface area (Å²) in [5, 5.41) is 1.98. The zero-order valence-corrected chi connectivity index (χ0v) is 11.1. The summed E-state index contributed by atoms with van der Waals surface area (Å²) in [5.41, 5.74) is -1.46. The van der Waals surface area contributed by atoms with Crippen molar-refractivity contribution < 1.29 is 22.4 Å². The second kappa shape index (κ2) is 5.38. The van der Waals surface area contributed by atoms with Gasteiger partial charge in [-0.3, -0.25) is 4.79 Å². The SMILES string of the molecule is O=C(Nc1ccc(Cl)cc1C(F)(F)F)c1ccc(Cl)o1. The minimum absolute atomic E-state index is 0.0395. The monoisotopic (exact) mass is 323 g/mol. The summed E-state index contributed by atoms with van der Waals surface area (Å²) in [6.45, 7) is 0. The van der Waals surface area contributed by atoms with Crippen LogP contribution in [-0.2, 0) is 6.18 Å². The van der Waals surface area contributed by atoms with E-state index in [1.165, 1.54) is 18.2 Å². The number of carbonyl (C=O) groups excluding carboxylic acids is 1. The molecule has 0 unspecified atom stereocenters. The van der Waals surface area contributed by atoms with Crippen LogP contribution in [0.4, 0.5) is 18.9 Å². The van der Waals surface area contributed by atoms with Crippen LogP contribution >= 0.6 is 23.2 Å². The van der Waals surface area contributed by atoms with E-state index in [1.54, 1.807) is 0 Å². The predicted octanol–water partition coefficient (Wildman–Crippen LogP) is 4.86. The van der Waals surface area contributed by atoms with Crippen molar-refractivity contribution in [3.63, 3.8) is 0 Å². The van der Waals surface area contributed by atoms with Crippen molar-refractivity contribution in [3.05, 3.63) is 51.9 Å². The molecule has 0 atom stereocenters. The number of nitrogens with one attached hydrogen (secondary N) is 1. The molecule has 1 amide bonds. The quantitative estimate of drug-likeness (QED) is 0.857. The summed E-state index contributed by atoms with van der Waals surface area (Å²) in [5.74, 6) is -1.04. The number of alkyl halides is 3. The van der Waals surface area contributed by atoms with Gasteiger partial charge >= 0.3 is 6.18 Å². The van der Waals surface area contributed by atoms with Crippen LogP contribution in [0.25, 0.3) is 0 Å². The fraction of sp³-hybridized carbons (Fsp3) is 0.0833. The second-order valence-corrected chi connectivity index (χ2v) is 4.55. The summed E-state index contributed by atoms with van der Waals surface area (Å²) in [4.78, 5) is 11.7. The van der Waals surface area contributed by atoms with Gasteiger partial charge in [0.2, 0.25) is 0 Å². The van der Waals surface area contributed by atoms with Crippen molar-refractivity contribution in [1.82, 2.24) is 0 Å². The van der Waals surface area contributed by atoms with E-state index in [2.05, 4.69) is 5.32 Å². The molecule has 0 aliphatic heterocycles. The van der Waals surface area contributed by atoms with Crippen LogP contribution in [0.3, 0.4) is 0 Å². The molecule has 8 heteroatoms. The molecule has 0 saturated heterocycles. The molecule has 1 aromatic carbocycles. The molecule has 0 radical (unpaired) electrons. The van der Waals surface area contributed by atoms with E-state index in [0.717, 1.165) is 12.1 Å². The number of halogens is 5. The van der Waals surface area contributed by atoms with Gasteiger partial charge in [-0.1, -0.05) is 11.6 Å². The topological polar surface area (TPSA) is 42.2 Å². The average molecular weight is 324 g/mol. The first-order valence-corrected chi connectivity index (χ1v) is 5.96. The molecule has 0 aliphatic carbocycles. The van der Waals surface area contributed by atoms with Gasteiger partial charge in [0.1, 0.15) is 0 Å². The van der Waals surface area contributed by atoms with Crippen LogP contribution in [0.15, 0.2) is 34.7 Å². The lowest BCUT2D eigenvalue weighted by Crippen LogP contribution is -2.16. The normalized spacial score (nSPS) is 11.4. The van der Waals surface area contributed by atoms with Gasteiger partial charge in [0.25, 0.3) is 5.91 Å². The predicted molar refractivity (Wildman–Crippen MR) is 68.1 cm³/mol. The maximum absolute atomic E-state index is 12.8. The number of hydrogen-bond donors (Lipinski definition) is 1. The maximum Gasteiger partial charge on any atom is 0.418 e. The Balaban J connectivity index is 2.32. The molecular formula is C12H6Cl2F3NO2. The third-order valence-electron chi connectivity index (χ3n) is 2.33. The number of anilines is 1. The van der Waals surface area contributed by atoms with Crippen LogP contribution < -0.4 is 5.32 Å². The molecule has 20 heavy (non-hydrogen) atoms. The third kappa shape index (κ3) is 3.26. The minimum Gasteiger partial charge on any atom is -0.440 e. The minimum atomic E-state index is -4.64. The first-order valence-electron chi connectivity index (χ1n) is 5.21. The summed E-state index contributed by atoms with van der Waals surface area (Å²) in [6.07, 6.45) is -4.64. The highest BCUT2D eigenvalue weighted by molar-refractivity contribution is 6.30. The summed E-state index contributed by atoms with van der Waals surface area (Å²) in [7, 11) is 0. The highest BCUT2D eigenvalue weighted by Gasteiger charge is 2.34. The molecule has 0 fully saturated rings. The zero-order valence-electron chi connectivity index (χ0n) is 9.59. The Morgan fingerprint density at radius 2 is 1.85 bits per heavy atom. The molecule has 1 heterocycles. The van der Waals surface area contributed by atoms with E-state index in [0.29, 0.717) is 0 Å². The molecule has 0 bridgehead atoms. The van der Waals surface area contributed by atoms with Crippen molar-refractivity contribution in [2.24, 2.45) is 0 Å². The molecule has 3 nitrogen and oxygen atoms in total. The molecule has 1 N–H and O–H groups in total. The molecule has 1 aromatic heterocycles. The Labute approximate surface area is 121 Å². The van der Waals surface area contributed by atoms with Gasteiger partial charge in [-0.05, 0) is 41.9 Å². The van der Waals surface area contributed by atoms with Gasteiger partial charge < -0.3 is 9.73 Å². The van der Waals surface area contributed by atoms with E-state index < -0.39 is 23.3 Å². The Kier molecular flexibility index (Phi) is 3.96. The van der Waals surface area contributed by atoms with Gasteiger partial charge in [-0.2, -0.15) is 13.2 Å². The lowest BCUT2D eigenvalue weighted by molar-refractivity contribution is -0.136. The number of carbonyl (C=O) groups is 1. The lowest BCUT2D eigenvalue weighted by Gasteiger charge is -2.13. The first-order chi connectivity index (χ1) is 9.27. The molecule has 106 valence electrons. The molecule has 2 aromatic rings. The fourth-order valence-electron chi connectivity index (χ4n) is 1.48. The van der Waals surface area contributed by atoms with Gasteiger partial charge in [0.15, 0.2) is 11.0 Å². The lowest BCUT2D eigenvalue weighted by atomic mass is 10.1. The van der Waals surface area contributed by atoms with Crippen molar-refractivity contribution in [3.8, 4) is 0 Å². The van der Waals surface area contributed by atoms with Crippen LogP contribution in [-0.4, -0.2) is 5.91 Å². The molecule has 0 spiro atoms. The number of amides is 1. The van der Waals surface area contributed by atoms with Crippen molar-refractivity contribution in [1.29, 1.82) is 0 Å². The van der Waals surface area contributed by atoms with Crippen LogP contribution in [0.1, 0.15) is 16.1 Å². The summed E-state index contributed by atoms with van der Waals surface area (Å²) < 4.78 is 43.3. The first kappa shape index (κ1) is 14.7. The van der Waals surface area contributed by atoms with E-state index >= 15 is 0 Å². The van der Waals surface area contributed by atoms with E-state index in [1.807, 2.05) is 0 Å². The zero-order chi connectivity index (χ0) is 14.9. The highest BCUT2D eigenvalue weighted by Crippen LogP contribution is 2.36. The summed E-state index contributed by atoms with van der Waals surface area (Å²) >= 11 is 11.0. The van der Waals surface area contributed by atoms with Crippen molar-refractivity contribution in [2.75, 3.05) is 5.32 Å². The van der Waals surface area contributed by atoms with E-state index in [4.69, 9.17) is 27.6 Å². The van der Waals surface area contributed by atoms with E-state index in [-0.39, 0.29) is 16.0 Å². The third-order valence-corrected chi connectivity index (χ3v) is 2.77. The Morgan fingerprint density at radius 1 is 1.15 bits per heavy atom. The second-order valence-electron chi connectivity index (χ2n) is 3.75. The van der Waals surface area contributed by atoms with Gasteiger partial charge in [-0.15, -0.1) is 0 Å². The Bertz CT molecular complexity index is 652. The van der Waals surface area contributed by atoms with Crippen LogP contribution in [0.5, 0.6) is 0 Å². The van der Waals surface area contributed by atoms with Crippen molar-refractivity contribution in [2.45, 2.75) is 6.18 Å². The molecular weight excluding hydrogens is 318 g/mol. The number of benzene rings is 1. The smallest absolute Gasteiger partial charge is 0.418 e. The standard InChI is InChI=1S/C12H6Cl2F3NO2/c13-6-1-2-8(7(5-6)12(15,16)17)18-11(19)9-3-4-10(14)20-9/h1-5H,(H,18,19). The highest BCUT2D eigenvalue weighted by atomic mass is 35.5. The number of furan rings is 1. The maximum atomic E-state index is 12.8. The van der Waals surface area contributed by atoms with Gasteiger partial charge in [0, 0.05) is 5.02 Å². The number of hydrogen-bond acceptors (Lipinski definition) is 2. The number of rotatable bonds is 2. The fourth-order valence-corrected chi connectivity index (χ4v) is 1.80. The summed E-state index contributed by atoms with van der Waals surface area (Å²) in [6, 6.07) is 5.59. The molecule has 0 saturated carbocycles. The Morgan fingerprint density at radius 3 is 2.40 bits per heavy atom. The molecule has 2 rings (SSSR count).